The number of fused-ring (bicyclic) bond motifs is 5. The maximum atomic E-state index is 11.0. The highest BCUT2D eigenvalue weighted by Gasteiger charge is 2.66. The third-order valence-corrected chi connectivity index (χ3v) is 11.1. The van der Waals surface area contributed by atoms with E-state index in [-0.39, 0.29) is 16.9 Å². The summed E-state index contributed by atoms with van der Waals surface area (Å²) in [5.41, 5.74) is 0.637. The Morgan fingerprint density at radius 2 is 1.73 bits per heavy atom. The van der Waals surface area contributed by atoms with Crippen molar-refractivity contribution in [2.45, 2.75) is 105 Å². The Bertz CT molecular complexity index is 641. The van der Waals surface area contributed by atoms with Crippen LogP contribution in [0.2, 0.25) is 0 Å². The molecule has 4 aliphatic rings. The lowest BCUT2D eigenvalue weighted by atomic mass is 9.41. The zero-order chi connectivity index (χ0) is 21.7. The van der Waals surface area contributed by atoms with Gasteiger partial charge in [0.1, 0.15) is 0 Å². The Morgan fingerprint density at radius 1 is 0.967 bits per heavy atom. The van der Waals surface area contributed by atoms with Gasteiger partial charge in [-0.2, -0.15) is 0 Å². The second-order valence-corrected chi connectivity index (χ2v) is 12.8. The van der Waals surface area contributed by atoms with Crippen molar-refractivity contribution < 1.29 is 10.2 Å². The van der Waals surface area contributed by atoms with Gasteiger partial charge in [-0.05, 0) is 91.3 Å². The van der Waals surface area contributed by atoms with Crippen LogP contribution in [-0.4, -0.2) is 22.9 Å². The molecule has 172 valence electrons. The molecule has 0 heterocycles. The van der Waals surface area contributed by atoms with Gasteiger partial charge >= 0.3 is 0 Å². The first kappa shape index (κ1) is 22.8. The zero-order valence-corrected chi connectivity index (χ0v) is 20.4. The molecule has 0 aliphatic heterocycles. The molecule has 0 saturated heterocycles. The van der Waals surface area contributed by atoms with Gasteiger partial charge in [0.25, 0.3) is 0 Å². The lowest BCUT2D eigenvalue weighted by Crippen LogP contribution is -2.58. The smallest absolute Gasteiger partial charge is 0.0546 e. The molecule has 3 saturated carbocycles. The largest absolute Gasteiger partial charge is 0.396 e. The fourth-order valence-corrected chi connectivity index (χ4v) is 9.13. The SMILES string of the molecule is CC(C)CCC[C@@H](C)[C@H]1CC[C@@]2(CO)[C@@H]3C=C[C@H]4C[C@@H](O)CC[C@]4(C)[C@H]3CC[C@]12C. The number of hydrogen-bond acceptors (Lipinski definition) is 2. The van der Waals surface area contributed by atoms with E-state index in [1.54, 1.807) is 0 Å². The fourth-order valence-electron chi connectivity index (χ4n) is 9.13. The summed E-state index contributed by atoms with van der Waals surface area (Å²) in [5.74, 6) is 4.04. The van der Waals surface area contributed by atoms with E-state index in [4.69, 9.17) is 0 Å². The molecule has 0 unspecified atom stereocenters. The summed E-state index contributed by atoms with van der Waals surface area (Å²) in [6, 6.07) is 0. The van der Waals surface area contributed by atoms with Crippen molar-refractivity contribution in [3.63, 3.8) is 0 Å². The molecular weight excluding hydrogens is 368 g/mol. The van der Waals surface area contributed by atoms with E-state index in [0.717, 1.165) is 37.0 Å². The van der Waals surface area contributed by atoms with Crippen LogP contribution in [0.4, 0.5) is 0 Å². The van der Waals surface area contributed by atoms with E-state index in [0.29, 0.717) is 29.8 Å². The van der Waals surface area contributed by atoms with Crippen molar-refractivity contribution >= 4 is 0 Å². The van der Waals surface area contributed by atoms with Crippen molar-refractivity contribution in [1.29, 1.82) is 0 Å². The van der Waals surface area contributed by atoms with Crippen molar-refractivity contribution in [3.8, 4) is 0 Å². The van der Waals surface area contributed by atoms with Crippen LogP contribution in [0.25, 0.3) is 0 Å². The summed E-state index contributed by atoms with van der Waals surface area (Å²) in [7, 11) is 0. The molecular formula is C28H48O2. The monoisotopic (exact) mass is 416 g/mol. The van der Waals surface area contributed by atoms with Gasteiger partial charge in [-0.3, -0.25) is 0 Å². The Balaban J connectivity index is 1.59. The van der Waals surface area contributed by atoms with Gasteiger partial charge in [-0.15, -0.1) is 0 Å². The average Bonchev–Trinajstić information content (AvgIpc) is 3.01. The highest BCUT2D eigenvalue weighted by Crippen LogP contribution is 2.72. The number of aliphatic hydroxyl groups excluding tert-OH is 2. The van der Waals surface area contributed by atoms with E-state index >= 15 is 0 Å². The topological polar surface area (TPSA) is 40.5 Å². The Labute approximate surface area is 185 Å². The van der Waals surface area contributed by atoms with Crippen LogP contribution in [0, 0.1) is 51.8 Å². The quantitative estimate of drug-likeness (QED) is 0.478. The Morgan fingerprint density at radius 3 is 2.43 bits per heavy atom. The molecule has 2 N–H and O–H groups in total. The van der Waals surface area contributed by atoms with Crippen LogP contribution in [-0.2, 0) is 0 Å². The molecule has 0 amide bonds. The van der Waals surface area contributed by atoms with Gasteiger partial charge in [0.05, 0.1) is 6.10 Å². The Kier molecular flexibility index (Phi) is 6.26. The molecule has 0 bridgehead atoms. The lowest BCUT2D eigenvalue weighted by Gasteiger charge is -2.63. The first-order valence-corrected chi connectivity index (χ1v) is 13.1. The zero-order valence-electron chi connectivity index (χ0n) is 20.4. The fraction of sp³-hybridized carbons (Fsp3) is 0.929. The first-order valence-electron chi connectivity index (χ1n) is 13.1. The third-order valence-electron chi connectivity index (χ3n) is 11.1. The van der Waals surface area contributed by atoms with Gasteiger partial charge in [0, 0.05) is 12.0 Å². The molecule has 0 spiro atoms. The van der Waals surface area contributed by atoms with Crippen LogP contribution in [0.5, 0.6) is 0 Å². The molecule has 4 rings (SSSR count). The van der Waals surface area contributed by atoms with E-state index in [1.165, 1.54) is 44.9 Å². The van der Waals surface area contributed by atoms with E-state index in [2.05, 4.69) is 46.8 Å². The molecule has 9 atom stereocenters. The van der Waals surface area contributed by atoms with Gasteiger partial charge in [0.15, 0.2) is 0 Å². The second kappa shape index (κ2) is 8.22. The Hall–Kier alpha value is -0.340. The van der Waals surface area contributed by atoms with Crippen LogP contribution in [0.3, 0.4) is 0 Å². The van der Waals surface area contributed by atoms with E-state index < -0.39 is 0 Å². The minimum absolute atomic E-state index is 0.0629. The molecule has 3 fully saturated rings. The highest BCUT2D eigenvalue weighted by molar-refractivity contribution is 5.22. The van der Waals surface area contributed by atoms with Crippen molar-refractivity contribution in [1.82, 2.24) is 0 Å². The van der Waals surface area contributed by atoms with Crippen LogP contribution >= 0.6 is 0 Å². The number of aliphatic hydroxyl groups is 2. The minimum atomic E-state index is -0.118. The van der Waals surface area contributed by atoms with Gasteiger partial charge in [-0.25, -0.2) is 0 Å². The summed E-state index contributed by atoms with van der Waals surface area (Å²) >= 11 is 0. The predicted octanol–water partition coefficient (Wildman–Crippen LogP) is 6.61. The molecule has 0 aromatic heterocycles. The maximum absolute atomic E-state index is 11.0. The second-order valence-electron chi connectivity index (χ2n) is 12.8. The summed E-state index contributed by atoms with van der Waals surface area (Å²) in [6.07, 6.45) is 17.1. The molecule has 4 aliphatic carbocycles. The minimum Gasteiger partial charge on any atom is -0.396 e. The van der Waals surface area contributed by atoms with Gasteiger partial charge < -0.3 is 10.2 Å². The number of hydrogen-bond donors (Lipinski definition) is 2. The van der Waals surface area contributed by atoms with Crippen LogP contribution < -0.4 is 0 Å². The average molecular weight is 417 g/mol. The maximum Gasteiger partial charge on any atom is 0.0546 e. The van der Waals surface area contributed by atoms with E-state index in [9.17, 15) is 10.2 Å². The molecule has 0 radical (unpaired) electrons. The molecule has 30 heavy (non-hydrogen) atoms. The van der Waals surface area contributed by atoms with E-state index in [1.807, 2.05) is 0 Å². The van der Waals surface area contributed by atoms with Gasteiger partial charge in [-0.1, -0.05) is 66.0 Å². The summed E-state index contributed by atoms with van der Waals surface area (Å²) in [4.78, 5) is 0. The summed E-state index contributed by atoms with van der Waals surface area (Å²) in [5, 5.41) is 21.2. The lowest BCUT2D eigenvalue weighted by molar-refractivity contribution is -0.147. The van der Waals surface area contributed by atoms with Crippen molar-refractivity contribution in [2.75, 3.05) is 6.61 Å². The first-order chi connectivity index (χ1) is 14.2. The summed E-state index contributed by atoms with van der Waals surface area (Å²) < 4.78 is 0. The van der Waals surface area contributed by atoms with Gasteiger partial charge in [0.2, 0.25) is 0 Å². The number of allylic oxidation sites excluding steroid dienone is 2. The van der Waals surface area contributed by atoms with Crippen LogP contribution in [0.15, 0.2) is 12.2 Å². The molecule has 0 aromatic carbocycles. The van der Waals surface area contributed by atoms with Crippen molar-refractivity contribution in [2.24, 2.45) is 51.8 Å². The highest BCUT2D eigenvalue weighted by atomic mass is 16.3. The van der Waals surface area contributed by atoms with Crippen molar-refractivity contribution in [3.05, 3.63) is 12.2 Å². The third kappa shape index (κ3) is 3.35. The standard InChI is InChI=1S/C28H48O2/c1-19(2)7-6-8-20(3)23-13-16-28(18-29)25-10-9-21-17-22(30)11-14-26(21,4)24(25)12-15-27(23,28)5/h9-10,19-25,29-30H,6-8,11-18H2,1-5H3/t20-,21+,22+,23-,24+,25-,26+,27-,28-/m1/s1. The predicted molar refractivity (Wildman–Crippen MR) is 125 cm³/mol. The molecule has 2 nitrogen and oxygen atoms in total. The molecule has 0 aromatic rings. The normalized spacial score (nSPS) is 48.9. The summed E-state index contributed by atoms with van der Waals surface area (Å²) in [6.45, 7) is 12.6. The molecule has 2 heteroatoms. The number of rotatable bonds is 6. The van der Waals surface area contributed by atoms with Crippen LogP contribution in [0.1, 0.15) is 98.8 Å².